The van der Waals surface area contributed by atoms with Gasteiger partial charge in [0.25, 0.3) is 0 Å². The minimum absolute atomic E-state index is 0.411. The van der Waals surface area contributed by atoms with E-state index in [1.165, 1.54) is 0 Å². The van der Waals surface area contributed by atoms with Crippen LogP contribution in [0.15, 0.2) is 36.7 Å². The standard InChI is InChI=1S/C12H13ClN2O2/c1-16-12(17-2)9-7-14-15(8-9)11-6-4-3-5-10(11)13/h3-8,12H,1-2H3. The molecule has 90 valence electrons. The Morgan fingerprint density at radius 3 is 2.59 bits per heavy atom. The van der Waals surface area contributed by atoms with Crippen molar-refractivity contribution < 1.29 is 9.47 Å². The number of halogens is 1. The second-order valence-electron chi connectivity index (χ2n) is 3.47. The van der Waals surface area contributed by atoms with Crippen LogP contribution in [0, 0.1) is 0 Å². The zero-order valence-electron chi connectivity index (χ0n) is 9.63. The number of benzene rings is 1. The zero-order chi connectivity index (χ0) is 12.3. The van der Waals surface area contributed by atoms with Crippen LogP contribution in [0.2, 0.25) is 5.02 Å². The molecule has 0 saturated carbocycles. The van der Waals surface area contributed by atoms with Gasteiger partial charge in [0.1, 0.15) is 0 Å². The van der Waals surface area contributed by atoms with E-state index in [0.29, 0.717) is 5.02 Å². The van der Waals surface area contributed by atoms with Gasteiger partial charge in [-0.25, -0.2) is 4.68 Å². The minimum atomic E-state index is -0.411. The van der Waals surface area contributed by atoms with Crippen molar-refractivity contribution in [2.75, 3.05) is 14.2 Å². The third-order valence-electron chi connectivity index (χ3n) is 2.40. The molecule has 0 spiro atoms. The molecule has 0 fully saturated rings. The summed E-state index contributed by atoms with van der Waals surface area (Å²) < 4.78 is 12.0. The van der Waals surface area contributed by atoms with Crippen LogP contribution in [0.4, 0.5) is 0 Å². The third-order valence-corrected chi connectivity index (χ3v) is 2.72. The van der Waals surface area contributed by atoms with Crippen molar-refractivity contribution in [3.8, 4) is 5.69 Å². The predicted molar refractivity (Wildman–Crippen MR) is 65.3 cm³/mol. The maximum atomic E-state index is 6.09. The van der Waals surface area contributed by atoms with E-state index >= 15 is 0 Å². The van der Waals surface area contributed by atoms with Gasteiger partial charge in [-0.3, -0.25) is 0 Å². The molecular formula is C12H13ClN2O2. The summed E-state index contributed by atoms with van der Waals surface area (Å²) in [6.45, 7) is 0. The minimum Gasteiger partial charge on any atom is -0.352 e. The van der Waals surface area contributed by atoms with Gasteiger partial charge in [-0.1, -0.05) is 23.7 Å². The normalized spacial score (nSPS) is 11.1. The Kier molecular flexibility index (Phi) is 3.78. The quantitative estimate of drug-likeness (QED) is 0.785. The maximum Gasteiger partial charge on any atom is 0.186 e. The van der Waals surface area contributed by atoms with Crippen LogP contribution in [0.5, 0.6) is 0 Å². The topological polar surface area (TPSA) is 36.3 Å². The molecule has 0 bridgehead atoms. The van der Waals surface area contributed by atoms with Crippen LogP contribution in [0.25, 0.3) is 5.69 Å². The Labute approximate surface area is 105 Å². The van der Waals surface area contributed by atoms with Gasteiger partial charge >= 0.3 is 0 Å². The first kappa shape index (κ1) is 12.1. The molecule has 0 atom stereocenters. The van der Waals surface area contributed by atoms with Gasteiger partial charge in [0.05, 0.1) is 16.9 Å². The van der Waals surface area contributed by atoms with Crippen molar-refractivity contribution in [2.45, 2.75) is 6.29 Å². The Hall–Kier alpha value is -1.36. The second kappa shape index (κ2) is 5.31. The average molecular weight is 253 g/mol. The fourth-order valence-electron chi connectivity index (χ4n) is 1.60. The number of nitrogens with zero attached hydrogens (tertiary/aromatic N) is 2. The molecule has 1 aromatic carbocycles. The molecular weight excluding hydrogens is 240 g/mol. The summed E-state index contributed by atoms with van der Waals surface area (Å²) in [7, 11) is 3.17. The van der Waals surface area contributed by atoms with E-state index in [1.807, 2.05) is 30.5 Å². The van der Waals surface area contributed by atoms with Crippen molar-refractivity contribution in [2.24, 2.45) is 0 Å². The van der Waals surface area contributed by atoms with Gasteiger partial charge in [-0.2, -0.15) is 5.10 Å². The Balaban J connectivity index is 2.33. The summed E-state index contributed by atoms with van der Waals surface area (Å²) in [6, 6.07) is 7.51. The monoisotopic (exact) mass is 252 g/mol. The molecule has 5 heteroatoms. The highest BCUT2D eigenvalue weighted by molar-refractivity contribution is 6.32. The molecule has 0 amide bonds. The number of ether oxygens (including phenoxy) is 2. The highest BCUT2D eigenvalue weighted by Crippen LogP contribution is 2.22. The van der Waals surface area contributed by atoms with Crippen LogP contribution in [0.1, 0.15) is 11.9 Å². The highest BCUT2D eigenvalue weighted by atomic mass is 35.5. The first-order valence-electron chi connectivity index (χ1n) is 5.11. The molecule has 1 aromatic heterocycles. The first-order chi connectivity index (χ1) is 8.26. The van der Waals surface area contributed by atoms with E-state index in [0.717, 1.165) is 11.3 Å². The van der Waals surface area contributed by atoms with Crippen LogP contribution < -0.4 is 0 Å². The molecule has 4 nitrogen and oxygen atoms in total. The molecule has 0 aliphatic carbocycles. The SMILES string of the molecule is COC(OC)c1cnn(-c2ccccc2Cl)c1. The van der Waals surface area contributed by atoms with E-state index in [1.54, 1.807) is 25.1 Å². The second-order valence-corrected chi connectivity index (χ2v) is 3.88. The fraction of sp³-hybridized carbons (Fsp3) is 0.250. The molecule has 0 aliphatic rings. The summed E-state index contributed by atoms with van der Waals surface area (Å²) in [4.78, 5) is 0. The summed E-state index contributed by atoms with van der Waals surface area (Å²) in [6.07, 6.45) is 3.12. The molecule has 0 N–H and O–H groups in total. The smallest absolute Gasteiger partial charge is 0.186 e. The van der Waals surface area contributed by atoms with Crippen LogP contribution in [0.3, 0.4) is 0 Å². The number of aromatic nitrogens is 2. The molecule has 0 aliphatic heterocycles. The largest absolute Gasteiger partial charge is 0.352 e. The van der Waals surface area contributed by atoms with E-state index in [4.69, 9.17) is 21.1 Å². The fourth-order valence-corrected chi connectivity index (χ4v) is 1.82. The highest BCUT2D eigenvalue weighted by Gasteiger charge is 2.12. The van der Waals surface area contributed by atoms with Gasteiger partial charge in [-0.15, -0.1) is 0 Å². The Morgan fingerprint density at radius 1 is 1.24 bits per heavy atom. The van der Waals surface area contributed by atoms with Gasteiger partial charge in [0.15, 0.2) is 6.29 Å². The lowest BCUT2D eigenvalue weighted by atomic mass is 10.3. The molecule has 2 rings (SSSR count). The van der Waals surface area contributed by atoms with Gasteiger partial charge in [0, 0.05) is 26.0 Å². The van der Waals surface area contributed by atoms with Crippen molar-refractivity contribution in [3.05, 3.63) is 47.2 Å². The lowest BCUT2D eigenvalue weighted by molar-refractivity contribution is -0.106. The molecule has 1 heterocycles. The van der Waals surface area contributed by atoms with Crippen LogP contribution in [-0.2, 0) is 9.47 Å². The van der Waals surface area contributed by atoms with Crippen LogP contribution in [-0.4, -0.2) is 24.0 Å². The van der Waals surface area contributed by atoms with Crippen molar-refractivity contribution >= 4 is 11.6 Å². The van der Waals surface area contributed by atoms with Crippen molar-refractivity contribution in [3.63, 3.8) is 0 Å². The molecule has 2 aromatic rings. The first-order valence-corrected chi connectivity index (χ1v) is 5.49. The third kappa shape index (κ3) is 2.49. The number of rotatable bonds is 4. The molecule has 0 unspecified atom stereocenters. The van der Waals surface area contributed by atoms with E-state index in [2.05, 4.69) is 5.10 Å². The van der Waals surface area contributed by atoms with Gasteiger partial charge < -0.3 is 9.47 Å². The van der Waals surface area contributed by atoms with Gasteiger partial charge in [0.2, 0.25) is 0 Å². The van der Waals surface area contributed by atoms with Crippen LogP contribution >= 0.6 is 11.6 Å². The molecule has 0 radical (unpaired) electrons. The van der Waals surface area contributed by atoms with E-state index in [-0.39, 0.29) is 0 Å². The number of hydrogen-bond acceptors (Lipinski definition) is 3. The Morgan fingerprint density at radius 2 is 1.94 bits per heavy atom. The molecule has 0 saturated heterocycles. The van der Waals surface area contributed by atoms with Gasteiger partial charge in [-0.05, 0) is 12.1 Å². The maximum absolute atomic E-state index is 6.09. The summed E-state index contributed by atoms with van der Waals surface area (Å²) >= 11 is 6.09. The summed E-state index contributed by atoms with van der Waals surface area (Å²) in [5.41, 5.74) is 1.67. The van der Waals surface area contributed by atoms with E-state index in [9.17, 15) is 0 Å². The van der Waals surface area contributed by atoms with Crippen molar-refractivity contribution in [1.82, 2.24) is 9.78 Å². The molecule has 17 heavy (non-hydrogen) atoms. The summed E-state index contributed by atoms with van der Waals surface area (Å²) in [5, 5.41) is 4.88. The predicted octanol–water partition coefficient (Wildman–Crippen LogP) is 2.82. The Bertz CT molecular complexity index is 495. The summed E-state index contributed by atoms with van der Waals surface area (Å²) in [5.74, 6) is 0. The number of para-hydroxylation sites is 1. The number of methoxy groups -OCH3 is 2. The van der Waals surface area contributed by atoms with Crippen molar-refractivity contribution in [1.29, 1.82) is 0 Å². The zero-order valence-corrected chi connectivity index (χ0v) is 10.4. The number of hydrogen-bond donors (Lipinski definition) is 0. The lowest BCUT2D eigenvalue weighted by Gasteiger charge is -2.10. The average Bonchev–Trinajstić information content (AvgIpc) is 2.81. The lowest BCUT2D eigenvalue weighted by Crippen LogP contribution is -2.02. The van der Waals surface area contributed by atoms with E-state index < -0.39 is 6.29 Å².